The second-order valence-electron chi connectivity index (χ2n) is 2.37. The van der Waals surface area contributed by atoms with Gasteiger partial charge in [-0.2, -0.15) is 0 Å². The maximum absolute atomic E-state index is 10.5. The number of carboxylic acids is 1. The van der Waals surface area contributed by atoms with E-state index in [1.165, 1.54) is 14.2 Å². The average molecular weight is 161 g/mol. The lowest BCUT2D eigenvalue weighted by Crippen LogP contribution is -2.72. The van der Waals surface area contributed by atoms with Gasteiger partial charge >= 0.3 is 5.97 Å². The van der Waals surface area contributed by atoms with E-state index in [4.69, 9.17) is 14.6 Å². The summed E-state index contributed by atoms with van der Waals surface area (Å²) in [4.78, 5) is 10.5. The van der Waals surface area contributed by atoms with Crippen LogP contribution in [-0.2, 0) is 14.3 Å². The summed E-state index contributed by atoms with van der Waals surface area (Å²) >= 11 is 0. The van der Waals surface area contributed by atoms with Crippen molar-refractivity contribution in [3.63, 3.8) is 0 Å². The molecule has 0 radical (unpaired) electrons. The molecule has 11 heavy (non-hydrogen) atoms. The summed E-state index contributed by atoms with van der Waals surface area (Å²) in [5, 5.41) is 11.3. The Kier molecular flexibility index (Phi) is 2.12. The largest absolute Gasteiger partial charge is 0.480 e. The van der Waals surface area contributed by atoms with Gasteiger partial charge in [0.2, 0.25) is 5.79 Å². The van der Waals surface area contributed by atoms with Crippen LogP contribution in [0.1, 0.15) is 0 Å². The minimum atomic E-state index is -0.966. The molecule has 0 amide bonds. The van der Waals surface area contributed by atoms with Gasteiger partial charge in [-0.1, -0.05) is 0 Å². The molecule has 1 fully saturated rings. The lowest BCUT2D eigenvalue weighted by atomic mass is 9.99. The maximum Gasteiger partial charge on any atom is 0.326 e. The van der Waals surface area contributed by atoms with Crippen LogP contribution in [0.15, 0.2) is 0 Å². The Morgan fingerprint density at radius 3 is 2.27 bits per heavy atom. The quantitative estimate of drug-likeness (QED) is 0.521. The number of ether oxygens (including phenoxy) is 2. The van der Waals surface area contributed by atoms with Gasteiger partial charge in [0, 0.05) is 14.2 Å². The zero-order chi connectivity index (χ0) is 8.48. The first-order valence-corrected chi connectivity index (χ1v) is 3.23. The van der Waals surface area contributed by atoms with E-state index in [1.54, 1.807) is 0 Å². The molecule has 0 bridgehead atoms. The molecule has 5 heteroatoms. The molecular formula is C6H11NO4. The maximum atomic E-state index is 10.5. The number of carbonyl (C=O) groups is 1. The molecule has 1 heterocycles. The summed E-state index contributed by atoms with van der Waals surface area (Å²) in [6.07, 6.45) is 0. The molecule has 0 aromatic heterocycles. The predicted octanol–water partition coefficient (Wildman–Crippen LogP) is -0.968. The second-order valence-corrected chi connectivity index (χ2v) is 2.37. The number of aliphatic carboxylic acids is 1. The van der Waals surface area contributed by atoms with E-state index >= 15 is 0 Å². The van der Waals surface area contributed by atoms with Crippen molar-refractivity contribution in [2.75, 3.05) is 20.8 Å². The van der Waals surface area contributed by atoms with Gasteiger partial charge in [0.25, 0.3) is 0 Å². The topological polar surface area (TPSA) is 67.8 Å². The summed E-state index contributed by atoms with van der Waals surface area (Å²) in [6.45, 7) is 0.414. The van der Waals surface area contributed by atoms with Gasteiger partial charge in [0.15, 0.2) is 6.04 Å². The van der Waals surface area contributed by atoms with Gasteiger partial charge in [-0.3, -0.25) is 10.1 Å². The third kappa shape index (κ3) is 1.11. The number of hydrogen-bond donors (Lipinski definition) is 2. The molecule has 1 atom stereocenters. The van der Waals surface area contributed by atoms with Gasteiger partial charge in [-0.05, 0) is 0 Å². The molecule has 0 aromatic rings. The molecular weight excluding hydrogens is 150 g/mol. The van der Waals surface area contributed by atoms with E-state index in [2.05, 4.69) is 5.32 Å². The van der Waals surface area contributed by atoms with Crippen molar-refractivity contribution in [1.29, 1.82) is 0 Å². The highest BCUT2D eigenvalue weighted by Gasteiger charge is 2.52. The molecule has 0 aliphatic carbocycles. The van der Waals surface area contributed by atoms with Gasteiger partial charge in [-0.15, -0.1) is 0 Å². The molecule has 64 valence electrons. The Morgan fingerprint density at radius 2 is 2.18 bits per heavy atom. The predicted molar refractivity (Wildman–Crippen MR) is 36.2 cm³/mol. The molecule has 1 aliphatic heterocycles. The van der Waals surface area contributed by atoms with Gasteiger partial charge < -0.3 is 14.6 Å². The highest BCUT2D eigenvalue weighted by Crippen LogP contribution is 2.23. The minimum absolute atomic E-state index is 0.414. The number of nitrogens with one attached hydrogen (secondary N) is 1. The van der Waals surface area contributed by atoms with E-state index < -0.39 is 17.8 Å². The van der Waals surface area contributed by atoms with Crippen molar-refractivity contribution < 1.29 is 19.4 Å². The highest BCUT2D eigenvalue weighted by molar-refractivity contribution is 5.76. The van der Waals surface area contributed by atoms with E-state index in [9.17, 15) is 4.79 Å². The third-order valence-electron chi connectivity index (χ3n) is 1.93. The first-order chi connectivity index (χ1) is 5.16. The van der Waals surface area contributed by atoms with Gasteiger partial charge in [-0.25, -0.2) is 0 Å². The summed E-state index contributed by atoms with van der Waals surface area (Å²) in [6, 6.07) is -0.752. The van der Waals surface area contributed by atoms with Crippen LogP contribution in [-0.4, -0.2) is 43.7 Å². The first-order valence-electron chi connectivity index (χ1n) is 3.23. The fourth-order valence-electron chi connectivity index (χ4n) is 1.11. The van der Waals surface area contributed by atoms with Crippen LogP contribution >= 0.6 is 0 Å². The van der Waals surface area contributed by atoms with Crippen LogP contribution in [0, 0.1) is 0 Å². The van der Waals surface area contributed by atoms with E-state index in [0.29, 0.717) is 6.54 Å². The summed E-state index contributed by atoms with van der Waals surface area (Å²) in [7, 11) is 2.86. The summed E-state index contributed by atoms with van der Waals surface area (Å²) in [5.74, 6) is -1.92. The molecule has 5 nitrogen and oxygen atoms in total. The Balaban J connectivity index is 2.64. The Labute approximate surface area is 64.3 Å². The van der Waals surface area contributed by atoms with Crippen molar-refractivity contribution in [3.05, 3.63) is 0 Å². The van der Waals surface area contributed by atoms with Crippen LogP contribution in [0.4, 0.5) is 0 Å². The molecule has 0 saturated carbocycles. The molecule has 1 saturated heterocycles. The second kappa shape index (κ2) is 2.77. The lowest BCUT2D eigenvalue weighted by molar-refractivity contribution is -0.260. The number of methoxy groups -OCH3 is 2. The van der Waals surface area contributed by atoms with Crippen LogP contribution in [0.5, 0.6) is 0 Å². The van der Waals surface area contributed by atoms with Crippen molar-refractivity contribution in [3.8, 4) is 0 Å². The Hall–Kier alpha value is -0.650. The van der Waals surface area contributed by atoms with Gasteiger partial charge in [0.1, 0.15) is 0 Å². The van der Waals surface area contributed by atoms with Crippen molar-refractivity contribution >= 4 is 5.97 Å². The molecule has 1 unspecified atom stereocenters. The number of rotatable bonds is 3. The lowest BCUT2D eigenvalue weighted by Gasteiger charge is -2.44. The SMILES string of the molecule is COC1(OC)CNC1C(=O)O. The molecule has 0 aromatic carbocycles. The third-order valence-corrected chi connectivity index (χ3v) is 1.93. The van der Waals surface area contributed by atoms with Crippen LogP contribution in [0.2, 0.25) is 0 Å². The van der Waals surface area contributed by atoms with E-state index in [0.717, 1.165) is 0 Å². The zero-order valence-electron chi connectivity index (χ0n) is 6.46. The fraction of sp³-hybridized carbons (Fsp3) is 0.833. The monoisotopic (exact) mass is 161 g/mol. The molecule has 1 aliphatic rings. The van der Waals surface area contributed by atoms with E-state index in [1.807, 2.05) is 0 Å². The molecule has 1 rings (SSSR count). The van der Waals surface area contributed by atoms with Crippen LogP contribution in [0.25, 0.3) is 0 Å². The average Bonchev–Trinajstić information content (AvgIpc) is 1.87. The Morgan fingerprint density at radius 1 is 1.64 bits per heavy atom. The standard InChI is InChI=1S/C6H11NO4/c1-10-6(11-2)3-7-4(6)5(8)9/h4,7H,3H2,1-2H3,(H,8,9). The van der Waals surface area contributed by atoms with Crippen molar-refractivity contribution in [1.82, 2.24) is 5.32 Å². The summed E-state index contributed by atoms with van der Waals surface area (Å²) < 4.78 is 9.86. The molecule has 2 N–H and O–H groups in total. The smallest absolute Gasteiger partial charge is 0.326 e. The minimum Gasteiger partial charge on any atom is -0.480 e. The van der Waals surface area contributed by atoms with Crippen LogP contribution < -0.4 is 5.32 Å². The highest BCUT2D eigenvalue weighted by atomic mass is 16.7. The van der Waals surface area contributed by atoms with E-state index in [-0.39, 0.29) is 0 Å². The first kappa shape index (κ1) is 8.45. The van der Waals surface area contributed by atoms with Crippen LogP contribution in [0.3, 0.4) is 0 Å². The molecule has 0 spiro atoms. The Bertz CT molecular complexity index is 160. The summed E-state index contributed by atoms with van der Waals surface area (Å²) in [5.41, 5.74) is 0. The van der Waals surface area contributed by atoms with Gasteiger partial charge in [0.05, 0.1) is 6.54 Å². The number of carboxylic acid groups (broad SMARTS) is 1. The fourth-order valence-corrected chi connectivity index (χ4v) is 1.11. The zero-order valence-corrected chi connectivity index (χ0v) is 6.46. The normalized spacial score (nSPS) is 27.6. The number of hydrogen-bond acceptors (Lipinski definition) is 4. The van der Waals surface area contributed by atoms with Crippen molar-refractivity contribution in [2.45, 2.75) is 11.8 Å². The van der Waals surface area contributed by atoms with Crippen molar-refractivity contribution in [2.24, 2.45) is 0 Å².